The zero-order valence-electron chi connectivity index (χ0n) is 15.8. The number of carbonyl (C=O) groups excluding carboxylic acids is 1. The Kier molecular flexibility index (Phi) is 6.61. The fourth-order valence-corrected chi connectivity index (χ4v) is 3.55. The molecule has 6 nitrogen and oxygen atoms in total. The summed E-state index contributed by atoms with van der Waals surface area (Å²) in [5, 5.41) is 6.35. The van der Waals surface area contributed by atoms with Crippen LogP contribution in [0.3, 0.4) is 0 Å². The molecule has 0 spiro atoms. The minimum absolute atomic E-state index is 0.0144. The maximum absolute atomic E-state index is 12.4. The maximum atomic E-state index is 12.4. The SMILES string of the molecule is COC(C)c1nc(CN(C)c2ccc(C(=O)Nc3cccc(Cl)c3)cn2)cs1. The summed E-state index contributed by atoms with van der Waals surface area (Å²) in [6.45, 7) is 2.59. The number of benzene rings is 1. The van der Waals surface area contributed by atoms with Crippen LogP contribution in [0.25, 0.3) is 0 Å². The van der Waals surface area contributed by atoms with Crippen molar-refractivity contribution in [2.24, 2.45) is 0 Å². The van der Waals surface area contributed by atoms with E-state index in [-0.39, 0.29) is 12.0 Å². The van der Waals surface area contributed by atoms with Gasteiger partial charge in [0.05, 0.1) is 17.8 Å². The third kappa shape index (κ3) is 5.07. The fraction of sp³-hybridized carbons (Fsp3) is 0.250. The number of ether oxygens (including phenoxy) is 1. The number of nitrogens with one attached hydrogen (secondary N) is 1. The van der Waals surface area contributed by atoms with E-state index in [1.54, 1.807) is 55.0 Å². The van der Waals surface area contributed by atoms with Gasteiger partial charge in [0.2, 0.25) is 0 Å². The first-order valence-corrected chi connectivity index (χ1v) is 9.93. The van der Waals surface area contributed by atoms with Crippen LogP contribution in [0, 0.1) is 0 Å². The summed E-state index contributed by atoms with van der Waals surface area (Å²) in [4.78, 5) is 23.3. The van der Waals surface area contributed by atoms with Gasteiger partial charge in [0.15, 0.2) is 0 Å². The molecule has 8 heteroatoms. The second-order valence-electron chi connectivity index (χ2n) is 6.28. The van der Waals surface area contributed by atoms with Crippen molar-refractivity contribution in [1.82, 2.24) is 9.97 Å². The highest BCUT2D eigenvalue weighted by Gasteiger charge is 2.12. The van der Waals surface area contributed by atoms with E-state index >= 15 is 0 Å². The minimum Gasteiger partial charge on any atom is -0.375 e. The number of amides is 1. The molecule has 1 N–H and O–H groups in total. The van der Waals surface area contributed by atoms with E-state index in [4.69, 9.17) is 16.3 Å². The van der Waals surface area contributed by atoms with Crippen LogP contribution in [0.15, 0.2) is 48.0 Å². The molecule has 3 rings (SSSR count). The Morgan fingerprint density at radius 2 is 2.18 bits per heavy atom. The summed E-state index contributed by atoms with van der Waals surface area (Å²) >= 11 is 7.53. The summed E-state index contributed by atoms with van der Waals surface area (Å²) in [6, 6.07) is 10.6. The smallest absolute Gasteiger partial charge is 0.257 e. The molecule has 0 aliphatic carbocycles. The summed E-state index contributed by atoms with van der Waals surface area (Å²) in [5.41, 5.74) is 2.07. The van der Waals surface area contributed by atoms with Gasteiger partial charge in [-0.15, -0.1) is 11.3 Å². The molecule has 0 radical (unpaired) electrons. The van der Waals surface area contributed by atoms with Crippen LogP contribution in [0.1, 0.15) is 34.1 Å². The number of aromatic nitrogens is 2. The molecule has 2 heterocycles. The quantitative estimate of drug-likeness (QED) is 0.599. The summed E-state index contributed by atoms with van der Waals surface area (Å²) in [5.74, 6) is 0.523. The van der Waals surface area contributed by atoms with Crippen LogP contribution in [-0.4, -0.2) is 30.0 Å². The van der Waals surface area contributed by atoms with Gasteiger partial charge in [-0.05, 0) is 37.3 Å². The van der Waals surface area contributed by atoms with E-state index in [9.17, 15) is 4.79 Å². The van der Waals surface area contributed by atoms with Crippen molar-refractivity contribution < 1.29 is 9.53 Å². The number of pyridine rings is 1. The normalized spacial score (nSPS) is 11.9. The van der Waals surface area contributed by atoms with Crippen molar-refractivity contribution in [1.29, 1.82) is 0 Å². The van der Waals surface area contributed by atoms with Gasteiger partial charge in [-0.1, -0.05) is 17.7 Å². The topological polar surface area (TPSA) is 67.3 Å². The Hall–Kier alpha value is -2.48. The standard InChI is InChI=1S/C20H21ClN4O2S/c1-13(27-3)20-24-17(12-28-20)11-25(2)18-8-7-14(10-22-18)19(26)23-16-6-4-5-15(21)9-16/h4-10,12-13H,11H2,1-3H3,(H,23,26). The predicted octanol–water partition coefficient (Wildman–Crippen LogP) is 4.79. The predicted molar refractivity (Wildman–Crippen MR) is 113 cm³/mol. The van der Waals surface area contributed by atoms with Gasteiger partial charge in [-0.25, -0.2) is 9.97 Å². The summed E-state index contributed by atoms with van der Waals surface area (Å²) in [6.07, 6.45) is 1.55. The van der Waals surface area contributed by atoms with Crippen LogP contribution in [0.5, 0.6) is 0 Å². The molecule has 3 aromatic rings. The second-order valence-corrected chi connectivity index (χ2v) is 7.61. The molecule has 2 aromatic heterocycles. The highest BCUT2D eigenvalue weighted by molar-refractivity contribution is 7.09. The van der Waals surface area contributed by atoms with Gasteiger partial charge in [-0.3, -0.25) is 4.79 Å². The highest BCUT2D eigenvalue weighted by atomic mass is 35.5. The van der Waals surface area contributed by atoms with Crippen molar-refractivity contribution in [2.45, 2.75) is 19.6 Å². The number of halogens is 1. The Morgan fingerprint density at radius 1 is 1.36 bits per heavy atom. The van der Waals surface area contributed by atoms with Crippen molar-refractivity contribution >= 4 is 40.4 Å². The lowest BCUT2D eigenvalue weighted by Gasteiger charge is -2.17. The van der Waals surface area contributed by atoms with Gasteiger partial charge in [0.25, 0.3) is 5.91 Å². The molecular weight excluding hydrogens is 396 g/mol. The molecule has 0 fully saturated rings. The molecule has 28 heavy (non-hydrogen) atoms. The fourth-order valence-electron chi connectivity index (χ4n) is 2.52. The first kappa shape index (κ1) is 20.3. The lowest BCUT2D eigenvalue weighted by atomic mass is 10.2. The third-order valence-electron chi connectivity index (χ3n) is 4.15. The third-order valence-corrected chi connectivity index (χ3v) is 5.44. The molecule has 1 amide bonds. The Labute approximate surface area is 173 Å². The van der Waals surface area contributed by atoms with Gasteiger partial charge >= 0.3 is 0 Å². The minimum atomic E-state index is -0.235. The molecule has 0 saturated heterocycles. The highest BCUT2D eigenvalue weighted by Crippen LogP contribution is 2.22. The van der Waals surface area contributed by atoms with E-state index in [0.717, 1.165) is 16.5 Å². The van der Waals surface area contributed by atoms with Crippen LogP contribution in [0.4, 0.5) is 11.5 Å². The van der Waals surface area contributed by atoms with E-state index in [0.29, 0.717) is 22.8 Å². The molecular formula is C20H21ClN4O2S. The van der Waals surface area contributed by atoms with E-state index in [1.807, 2.05) is 30.3 Å². The lowest BCUT2D eigenvalue weighted by Crippen LogP contribution is -2.19. The number of rotatable bonds is 7. The summed E-state index contributed by atoms with van der Waals surface area (Å²) < 4.78 is 5.30. The number of thiazole rings is 1. The Bertz CT molecular complexity index is 945. The van der Waals surface area contributed by atoms with E-state index < -0.39 is 0 Å². The maximum Gasteiger partial charge on any atom is 0.257 e. The first-order chi connectivity index (χ1) is 13.5. The van der Waals surface area contributed by atoms with Crippen LogP contribution < -0.4 is 10.2 Å². The van der Waals surface area contributed by atoms with Crippen molar-refractivity contribution in [3.8, 4) is 0 Å². The second kappa shape index (κ2) is 9.14. The zero-order chi connectivity index (χ0) is 20.1. The molecule has 0 bridgehead atoms. The van der Waals surface area contributed by atoms with E-state index in [1.165, 1.54) is 0 Å². The molecule has 0 aliphatic heterocycles. The number of nitrogens with zero attached hydrogens (tertiary/aromatic N) is 3. The average molecular weight is 417 g/mol. The molecule has 1 aromatic carbocycles. The summed E-state index contributed by atoms with van der Waals surface area (Å²) in [7, 11) is 3.61. The number of hydrogen-bond acceptors (Lipinski definition) is 6. The number of hydrogen-bond donors (Lipinski definition) is 1. The van der Waals surface area contributed by atoms with Crippen LogP contribution in [-0.2, 0) is 11.3 Å². The van der Waals surface area contributed by atoms with Crippen LogP contribution in [0.2, 0.25) is 5.02 Å². The van der Waals surface area contributed by atoms with Gasteiger partial charge in [0.1, 0.15) is 16.9 Å². The Morgan fingerprint density at radius 3 is 2.86 bits per heavy atom. The van der Waals surface area contributed by atoms with Gasteiger partial charge in [-0.2, -0.15) is 0 Å². The lowest BCUT2D eigenvalue weighted by molar-refractivity contribution is 0.102. The van der Waals surface area contributed by atoms with E-state index in [2.05, 4.69) is 15.3 Å². The molecule has 0 aliphatic rings. The van der Waals surface area contributed by atoms with Crippen molar-refractivity contribution in [2.75, 3.05) is 24.4 Å². The number of carbonyl (C=O) groups is 1. The van der Waals surface area contributed by atoms with Crippen molar-refractivity contribution in [3.05, 3.63) is 69.3 Å². The zero-order valence-corrected chi connectivity index (χ0v) is 17.4. The molecule has 1 atom stereocenters. The van der Waals surface area contributed by atoms with Crippen molar-refractivity contribution in [3.63, 3.8) is 0 Å². The monoisotopic (exact) mass is 416 g/mol. The van der Waals surface area contributed by atoms with Gasteiger partial charge < -0.3 is 15.0 Å². The molecule has 146 valence electrons. The largest absolute Gasteiger partial charge is 0.375 e. The number of methoxy groups -OCH3 is 1. The molecule has 0 saturated carbocycles. The first-order valence-electron chi connectivity index (χ1n) is 8.67. The Balaban J connectivity index is 1.63. The number of anilines is 2. The average Bonchev–Trinajstić information content (AvgIpc) is 3.16. The van der Waals surface area contributed by atoms with Gasteiger partial charge in [0, 0.05) is 36.4 Å². The van der Waals surface area contributed by atoms with Crippen LogP contribution >= 0.6 is 22.9 Å². The molecule has 1 unspecified atom stereocenters.